The van der Waals surface area contributed by atoms with Gasteiger partial charge in [-0.3, -0.25) is 0 Å². The van der Waals surface area contributed by atoms with Crippen LogP contribution in [0.1, 0.15) is 11.1 Å². The smallest absolute Gasteiger partial charge is 0.149 e. The second-order valence-electron chi connectivity index (χ2n) is 3.55. The van der Waals surface area contributed by atoms with Crippen molar-refractivity contribution in [3.05, 3.63) is 62.5 Å². The van der Waals surface area contributed by atoms with Crippen LogP contribution in [-0.2, 0) is 0 Å². The first-order valence-electron chi connectivity index (χ1n) is 5.31. The van der Waals surface area contributed by atoms with Crippen LogP contribution < -0.4 is 4.74 Å². The van der Waals surface area contributed by atoms with Crippen molar-refractivity contribution in [3.8, 4) is 17.6 Å². The number of hydrogen-bond donors (Lipinski definition) is 0. The van der Waals surface area contributed by atoms with Gasteiger partial charge in [-0.1, -0.05) is 30.0 Å². The van der Waals surface area contributed by atoms with Gasteiger partial charge in [-0.2, -0.15) is 0 Å². The average Bonchev–Trinajstić information content (AvgIpc) is 2.41. The molecule has 3 heteroatoms. The molecule has 0 atom stereocenters. The van der Waals surface area contributed by atoms with Gasteiger partial charge in [0, 0.05) is 10.0 Å². The maximum atomic E-state index is 5.37. The lowest BCUT2D eigenvalue weighted by Gasteiger charge is -2.07. The molecule has 0 aliphatic rings. The number of methoxy groups -OCH3 is 1. The Kier molecular flexibility index (Phi) is 4.46. The lowest BCUT2D eigenvalue weighted by atomic mass is 10.1. The van der Waals surface area contributed by atoms with Crippen LogP contribution in [-0.4, -0.2) is 7.11 Å². The monoisotopic (exact) mass is 364 g/mol. The highest BCUT2D eigenvalue weighted by Gasteiger charge is 2.08. The Bertz CT molecular complexity index is 610. The third kappa shape index (κ3) is 2.95. The Hall–Kier alpha value is -1.24. The topological polar surface area (TPSA) is 9.23 Å². The van der Waals surface area contributed by atoms with Crippen LogP contribution in [0.2, 0.25) is 0 Å². The molecule has 0 saturated carbocycles. The maximum absolute atomic E-state index is 5.37. The normalized spacial score (nSPS) is 9.50. The fraction of sp³-hybridized carbons (Fsp3) is 0.0667. The summed E-state index contributed by atoms with van der Waals surface area (Å²) in [7, 11) is 1.64. The molecule has 2 aromatic rings. The van der Waals surface area contributed by atoms with Gasteiger partial charge in [-0.25, -0.2) is 0 Å². The van der Waals surface area contributed by atoms with E-state index in [0.717, 1.165) is 25.8 Å². The SMILES string of the molecule is COc1c(Br)ccc(Br)c1C#Cc1ccccc1. The molecule has 0 N–H and O–H groups in total. The lowest BCUT2D eigenvalue weighted by Crippen LogP contribution is -1.90. The van der Waals surface area contributed by atoms with Gasteiger partial charge >= 0.3 is 0 Å². The molecular formula is C15H10Br2O. The Labute approximate surface area is 123 Å². The highest BCUT2D eigenvalue weighted by molar-refractivity contribution is 9.11. The zero-order valence-corrected chi connectivity index (χ0v) is 12.9. The van der Waals surface area contributed by atoms with Crippen LogP contribution in [0, 0.1) is 11.8 Å². The standard InChI is InChI=1S/C15H10Br2O/c1-18-15-12(13(16)9-10-14(15)17)8-7-11-5-3-2-4-6-11/h2-6,9-10H,1H3. The van der Waals surface area contributed by atoms with Gasteiger partial charge in [0.05, 0.1) is 17.1 Å². The summed E-state index contributed by atoms with van der Waals surface area (Å²) in [4.78, 5) is 0. The molecular weight excluding hydrogens is 356 g/mol. The fourth-order valence-corrected chi connectivity index (χ4v) is 2.41. The molecule has 0 fully saturated rings. The lowest BCUT2D eigenvalue weighted by molar-refractivity contribution is 0.410. The first-order chi connectivity index (χ1) is 8.72. The molecule has 0 radical (unpaired) electrons. The van der Waals surface area contributed by atoms with Gasteiger partial charge in [0.25, 0.3) is 0 Å². The number of benzene rings is 2. The number of ether oxygens (including phenoxy) is 1. The molecule has 90 valence electrons. The van der Waals surface area contributed by atoms with Crippen LogP contribution in [0.15, 0.2) is 51.4 Å². The van der Waals surface area contributed by atoms with Crippen LogP contribution in [0.3, 0.4) is 0 Å². The van der Waals surface area contributed by atoms with E-state index in [1.165, 1.54) is 0 Å². The van der Waals surface area contributed by atoms with Crippen molar-refractivity contribution in [2.75, 3.05) is 7.11 Å². The van der Waals surface area contributed by atoms with Crippen molar-refractivity contribution in [3.63, 3.8) is 0 Å². The maximum Gasteiger partial charge on any atom is 0.149 e. The molecule has 0 aliphatic carbocycles. The third-order valence-corrected chi connectivity index (χ3v) is 3.65. The van der Waals surface area contributed by atoms with E-state index in [4.69, 9.17) is 4.74 Å². The molecule has 2 rings (SSSR count). The summed E-state index contributed by atoms with van der Waals surface area (Å²) in [5.74, 6) is 7.00. The van der Waals surface area contributed by atoms with Crippen LogP contribution in [0.4, 0.5) is 0 Å². The summed E-state index contributed by atoms with van der Waals surface area (Å²) in [6.07, 6.45) is 0. The highest BCUT2D eigenvalue weighted by atomic mass is 79.9. The van der Waals surface area contributed by atoms with Crippen molar-refractivity contribution in [1.82, 2.24) is 0 Å². The van der Waals surface area contributed by atoms with E-state index >= 15 is 0 Å². The first kappa shape index (κ1) is 13.2. The van der Waals surface area contributed by atoms with Crippen LogP contribution in [0.25, 0.3) is 0 Å². The van der Waals surface area contributed by atoms with E-state index in [2.05, 4.69) is 43.7 Å². The molecule has 0 aliphatic heterocycles. The van der Waals surface area contributed by atoms with E-state index in [1.54, 1.807) is 7.11 Å². The molecule has 0 unspecified atom stereocenters. The van der Waals surface area contributed by atoms with E-state index in [-0.39, 0.29) is 0 Å². The van der Waals surface area contributed by atoms with Crippen molar-refractivity contribution in [2.45, 2.75) is 0 Å². The van der Waals surface area contributed by atoms with Crippen molar-refractivity contribution in [1.29, 1.82) is 0 Å². The van der Waals surface area contributed by atoms with Gasteiger partial charge < -0.3 is 4.74 Å². The van der Waals surface area contributed by atoms with E-state index < -0.39 is 0 Å². The molecule has 1 nitrogen and oxygen atoms in total. The van der Waals surface area contributed by atoms with Crippen molar-refractivity contribution in [2.24, 2.45) is 0 Å². The van der Waals surface area contributed by atoms with Gasteiger partial charge in [-0.15, -0.1) is 0 Å². The minimum Gasteiger partial charge on any atom is -0.494 e. The molecule has 18 heavy (non-hydrogen) atoms. The summed E-state index contributed by atoms with van der Waals surface area (Å²) in [6, 6.07) is 13.7. The Morgan fingerprint density at radius 2 is 1.56 bits per heavy atom. The van der Waals surface area contributed by atoms with Gasteiger partial charge in [0.1, 0.15) is 5.75 Å². The fourth-order valence-electron chi connectivity index (χ4n) is 1.51. The number of halogens is 2. The first-order valence-corrected chi connectivity index (χ1v) is 6.90. The van der Waals surface area contributed by atoms with E-state index in [0.29, 0.717) is 0 Å². The van der Waals surface area contributed by atoms with Crippen LogP contribution in [0.5, 0.6) is 5.75 Å². The molecule has 0 amide bonds. The van der Waals surface area contributed by atoms with Crippen molar-refractivity contribution >= 4 is 31.9 Å². The van der Waals surface area contributed by atoms with E-state index in [9.17, 15) is 0 Å². The minimum atomic E-state index is 0.743. The second kappa shape index (κ2) is 6.08. The number of rotatable bonds is 1. The summed E-state index contributed by atoms with van der Waals surface area (Å²) in [5.41, 5.74) is 1.82. The predicted octanol–water partition coefficient (Wildman–Crippen LogP) is 4.62. The third-order valence-electron chi connectivity index (χ3n) is 2.37. The van der Waals surface area contributed by atoms with Gasteiger partial charge in [-0.05, 0) is 56.1 Å². The summed E-state index contributed by atoms with van der Waals surface area (Å²) in [6.45, 7) is 0. The average molecular weight is 366 g/mol. The van der Waals surface area contributed by atoms with Gasteiger partial charge in [0.2, 0.25) is 0 Å². The second-order valence-corrected chi connectivity index (χ2v) is 5.26. The Balaban J connectivity index is 2.47. The zero-order chi connectivity index (χ0) is 13.0. The Morgan fingerprint density at radius 3 is 2.22 bits per heavy atom. The summed E-state index contributed by atoms with van der Waals surface area (Å²) in [5, 5.41) is 0. The number of hydrogen-bond acceptors (Lipinski definition) is 1. The summed E-state index contributed by atoms with van der Waals surface area (Å²) >= 11 is 6.95. The molecule has 0 saturated heterocycles. The highest BCUT2D eigenvalue weighted by Crippen LogP contribution is 2.33. The molecule has 2 aromatic carbocycles. The van der Waals surface area contributed by atoms with Gasteiger partial charge in [0.15, 0.2) is 0 Å². The Morgan fingerprint density at radius 1 is 0.889 bits per heavy atom. The van der Waals surface area contributed by atoms with E-state index in [1.807, 2.05) is 42.5 Å². The molecule has 0 spiro atoms. The zero-order valence-electron chi connectivity index (χ0n) is 9.71. The van der Waals surface area contributed by atoms with Crippen molar-refractivity contribution < 1.29 is 4.74 Å². The quantitative estimate of drug-likeness (QED) is 0.670. The molecule has 0 aromatic heterocycles. The predicted molar refractivity (Wildman–Crippen MR) is 80.8 cm³/mol. The molecule has 0 bridgehead atoms. The minimum absolute atomic E-state index is 0.743. The summed E-state index contributed by atoms with van der Waals surface area (Å²) < 4.78 is 7.18. The largest absolute Gasteiger partial charge is 0.494 e. The molecule has 0 heterocycles. The van der Waals surface area contributed by atoms with Crippen LogP contribution >= 0.6 is 31.9 Å².